The predicted molar refractivity (Wildman–Crippen MR) is 69.8 cm³/mol. The Morgan fingerprint density at radius 2 is 2.37 bits per heavy atom. The Labute approximate surface area is 112 Å². The van der Waals surface area contributed by atoms with Crippen LogP contribution in [0.5, 0.6) is 0 Å². The highest BCUT2D eigenvalue weighted by molar-refractivity contribution is 5.91. The maximum atomic E-state index is 11.8. The van der Waals surface area contributed by atoms with Gasteiger partial charge in [-0.05, 0) is 36.0 Å². The Hall–Kier alpha value is -1.51. The van der Waals surface area contributed by atoms with Crippen LogP contribution in [0.4, 0.5) is 0 Å². The molecule has 3 nitrogen and oxygen atoms in total. The van der Waals surface area contributed by atoms with Crippen LogP contribution in [0, 0.1) is 23.2 Å². The third kappa shape index (κ3) is 1.26. The van der Waals surface area contributed by atoms with Crippen molar-refractivity contribution in [2.45, 2.75) is 26.2 Å². The third-order valence-electron chi connectivity index (χ3n) is 5.69. The van der Waals surface area contributed by atoms with Crippen molar-refractivity contribution < 1.29 is 13.9 Å². The number of allylic oxidation sites excluding steroid dienone is 1. The minimum Gasteiger partial charge on any atom is -0.468 e. The summed E-state index contributed by atoms with van der Waals surface area (Å²) in [5.74, 6) is 2.71. The molecule has 4 atom stereocenters. The van der Waals surface area contributed by atoms with E-state index in [4.69, 9.17) is 9.15 Å². The van der Waals surface area contributed by atoms with Crippen molar-refractivity contribution in [3.63, 3.8) is 0 Å². The number of rotatable bonds is 1. The Morgan fingerprint density at radius 1 is 1.58 bits per heavy atom. The smallest absolute Gasteiger partial charge is 0.341 e. The third-order valence-corrected chi connectivity index (χ3v) is 5.69. The van der Waals surface area contributed by atoms with Gasteiger partial charge < -0.3 is 9.15 Å². The van der Waals surface area contributed by atoms with Crippen LogP contribution in [-0.4, -0.2) is 13.1 Å². The number of ether oxygens (including phenoxy) is 1. The molecule has 2 fully saturated rings. The van der Waals surface area contributed by atoms with E-state index in [1.807, 2.05) is 0 Å². The molecule has 0 aromatic carbocycles. The van der Waals surface area contributed by atoms with E-state index in [1.165, 1.54) is 19.1 Å². The van der Waals surface area contributed by atoms with Gasteiger partial charge >= 0.3 is 5.97 Å². The molecule has 0 radical (unpaired) electrons. The van der Waals surface area contributed by atoms with Gasteiger partial charge in [-0.15, -0.1) is 0 Å². The maximum Gasteiger partial charge on any atom is 0.341 e. The van der Waals surface area contributed by atoms with Crippen LogP contribution in [0.2, 0.25) is 0 Å². The highest BCUT2D eigenvalue weighted by Crippen LogP contribution is 2.69. The van der Waals surface area contributed by atoms with Crippen LogP contribution in [-0.2, 0) is 17.6 Å². The number of hydrogen-bond acceptors (Lipinski definition) is 3. The fourth-order valence-electron chi connectivity index (χ4n) is 4.52. The summed E-state index contributed by atoms with van der Waals surface area (Å²) in [6, 6.07) is 0. The van der Waals surface area contributed by atoms with Gasteiger partial charge in [0.1, 0.15) is 17.6 Å². The van der Waals surface area contributed by atoms with Crippen molar-refractivity contribution in [1.82, 2.24) is 0 Å². The van der Waals surface area contributed by atoms with Gasteiger partial charge in [0.05, 0.1) is 7.11 Å². The zero-order valence-electron chi connectivity index (χ0n) is 11.4. The van der Waals surface area contributed by atoms with Gasteiger partial charge in [-0.3, -0.25) is 0 Å². The van der Waals surface area contributed by atoms with Gasteiger partial charge in [0.15, 0.2) is 0 Å². The van der Waals surface area contributed by atoms with Gasteiger partial charge in [0, 0.05) is 12.0 Å². The van der Waals surface area contributed by atoms with Crippen molar-refractivity contribution in [2.75, 3.05) is 7.11 Å². The molecular weight excluding hydrogens is 240 g/mol. The Morgan fingerprint density at radius 3 is 3.11 bits per heavy atom. The number of carbonyl (C=O) groups is 1. The molecule has 0 amide bonds. The summed E-state index contributed by atoms with van der Waals surface area (Å²) < 4.78 is 10.5. The lowest BCUT2D eigenvalue weighted by Gasteiger charge is -2.38. The van der Waals surface area contributed by atoms with Crippen LogP contribution in [0.1, 0.15) is 35.0 Å². The number of fused-ring (bicyclic) bond motifs is 4. The minimum atomic E-state index is -0.289. The molecule has 3 aliphatic rings. The summed E-state index contributed by atoms with van der Waals surface area (Å²) in [4.78, 5) is 11.8. The number of esters is 1. The van der Waals surface area contributed by atoms with E-state index in [0.717, 1.165) is 36.0 Å². The summed E-state index contributed by atoms with van der Waals surface area (Å²) in [5, 5.41) is 0. The van der Waals surface area contributed by atoms with Crippen LogP contribution >= 0.6 is 0 Å². The molecule has 3 aliphatic carbocycles. The summed E-state index contributed by atoms with van der Waals surface area (Å²) in [6.45, 7) is 6.68. The summed E-state index contributed by atoms with van der Waals surface area (Å²) >= 11 is 0. The molecule has 1 aromatic rings. The molecule has 4 rings (SSSR count). The number of hydrogen-bond donors (Lipinski definition) is 0. The van der Waals surface area contributed by atoms with Gasteiger partial charge in [-0.1, -0.05) is 19.1 Å². The van der Waals surface area contributed by atoms with Gasteiger partial charge in [-0.2, -0.15) is 0 Å². The SMILES string of the molecule is C=C1[C@H]2C[C@H]2[C@]2(C)Cc3occ(C(=O)OC)c3C[C@@H]12. The van der Waals surface area contributed by atoms with Crippen LogP contribution in [0.25, 0.3) is 0 Å². The second-order valence-electron chi connectivity index (χ2n) is 6.51. The van der Waals surface area contributed by atoms with E-state index < -0.39 is 0 Å². The van der Waals surface area contributed by atoms with Gasteiger partial charge in [-0.25, -0.2) is 4.79 Å². The first-order valence-corrected chi connectivity index (χ1v) is 6.92. The summed E-state index contributed by atoms with van der Waals surface area (Å²) in [6.07, 6.45) is 4.68. The zero-order valence-corrected chi connectivity index (χ0v) is 11.4. The average Bonchev–Trinajstić information content (AvgIpc) is 3.07. The normalized spacial score (nSPS) is 38.4. The lowest BCUT2D eigenvalue weighted by atomic mass is 9.65. The fourth-order valence-corrected chi connectivity index (χ4v) is 4.52. The van der Waals surface area contributed by atoms with Crippen molar-refractivity contribution in [3.8, 4) is 0 Å². The maximum absolute atomic E-state index is 11.8. The van der Waals surface area contributed by atoms with Crippen molar-refractivity contribution >= 4 is 5.97 Å². The average molecular weight is 258 g/mol. The molecule has 2 saturated carbocycles. The molecule has 100 valence electrons. The molecule has 0 bridgehead atoms. The van der Waals surface area contributed by atoms with E-state index in [1.54, 1.807) is 6.26 Å². The fraction of sp³-hybridized carbons (Fsp3) is 0.562. The number of carbonyl (C=O) groups excluding carboxylic acids is 1. The zero-order chi connectivity index (χ0) is 13.4. The van der Waals surface area contributed by atoms with Crippen LogP contribution < -0.4 is 0 Å². The van der Waals surface area contributed by atoms with Gasteiger partial charge in [0.2, 0.25) is 0 Å². The number of methoxy groups -OCH3 is 1. The largest absolute Gasteiger partial charge is 0.468 e. The second kappa shape index (κ2) is 3.33. The highest BCUT2D eigenvalue weighted by Gasteiger charge is 2.64. The quantitative estimate of drug-likeness (QED) is 0.574. The molecule has 0 N–H and O–H groups in total. The van der Waals surface area contributed by atoms with Crippen molar-refractivity contribution in [2.24, 2.45) is 23.2 Å². The summed E-state index contributed by atoms with van der Waals surface area (Å²) in [5.41, 5.74) is 3.35. The van der Waals surface area contributed by atoms with E-state index in [0.29, 0.717) is 16.9 Å². The lowest BCUT2D eigenvalue weighted by molar-refractivity contribution is 0.0598. The topological polar surface area (TPSA) is 39.4 Å². The van der Waals surface area contributed by atoms with E-state index in [-0.39, 0.29) is 5.97 Å². The molecule has 0 spiro atoms. The molecule has 0 aliphatic heterocycles. The summed E-state index contributed by atoms with van der Waals surface area (Å²) in [7, 11) is 1.42. The lowest BCUT2D eigenvalue weighted by Crippen LogP contribution is -2.35. The second-order valence-corrected chi connectivity index (χ2v) is 6.51. The molecule has 3 heteroatoms. The molecule has 0 saturated heterocycles. The van der Waals surface area contributed by atoms with Crippen molar-refractivity contribution in [1.29, 1.82) is 0 Å². The Kier molecular flexibility index (Phi) is 1.98. The predicted octanol–water partition coefficient (Wildman–Crippen LogP) is 2.99. The Balaban J connectivity index is 1.77. The first-order valence-electron chi connectivity index (χ1n) is 6.92. The highest BCUT2D eigenvalue weighted by atomic mass is 16.5. The van der Waals surface area contributed by atoms with Crippen molar-refractivity contribution in [3.05, 3.63) is 35.3 Å². The monoisotopic (exact) mass is 258 g/mol. The number of furan rings is 1. The van der Waals surface area contributed by atoms with E-state index in [2.05, 4.69) is 13.5 Å². The Bertz CT molecular complexity index is 597. The standard InChI is InChI=1S/C16H18O3/c1-8-9-4-13(9)16(2)6-14-10(5-12(8)16)11(7-19-14)15(17)18-3/h7,9,12-13H,1,4-6H2,2-3H3/t9-,12+,13-,16-/m1/s1. The van der Waals surface area contributed by atoms with E-state index in [9.17, 15) is 4.79 Å². The first-order chi connectivity index (χ1) is 9.06. The molecular formula is C16H18O3. The van der Waals surface area contributed by atoms with Gasteiger partial charge in [0.25, 0.3) is 0 Å². The molecule has 19 heavy (non-hydrogen) atoms. The molecule has 1 aromatic heterocycles. The molecule has 0 unspecified atom stereocenters. The van der Waals surface area contributed by atoms with Crippen LogP contribution in [0.3, 0.4) is 0 Å². The van der Waals surface area contributed by atoms with E-state index >= 15 is 0 Å². The molecule has 1 heterocycles. The first kappa shape index (κ1) is 11.3. The minimum absolute atomic E-state index is 0.289. The van der Waals surface area contributed by atoms with Crippen LogP contribution in [0.15, 0.2) is 22.8 Å².